The molecule has 0 saturated carbocycles. The number of hydrogen-bond acceptors (Lipinski definition) is 0. The largest absolute Gasteiger partial charge is 0.0985 e. The van der Waals surface area contributed by atoms with Gasteiger partial charge in [-0.15, -0.1) is 0 Å². The third-order valence-electron chi connectivity index (χ3n) is 3.76. The fourth-order valence-electron chi connectivity index (χ4n) is 2.41. The van der Waals surface area contributed by atoms with Gasteiger partial charge in [-0.1, -0.05) is 106 Å². The minimum atomic E-state index is 1.14. The Hall–Kier alpha value is -2.34. The van der Waals surface area contributed by atoms with Gasteiger partial charge >= 0.3 is 0 Å². The highest BCUT2D eigenvalue weighted by Gasteiger charge is 1.96. The van der Waals surface area contributed by atoms with Gasteiger partial charge in [0.25, 0.3) is 0 Å². The van der Waals surface area contributed by atoms with E-state index < -0.39 is 0 Å². The van der Waals surface area contributed by atoms with Crippen LogP contribution in [0.5, 0.6) is 0 Å². The second-order valence-electron chi connectivity index (χ2n) is 5.40. The fourth-order valence-corrected chi connectivity index (χ4v) is 2.41. The Kier molecular flexibility index (Phi) is 9.16. The van der Waals surface area contributed by atoms with Gasteiger partial charge in [-0.25, -0.2) is 0 Å². The first-order valence-electron chi connectivity index (χ1n) is 8.31. The minimum Gasteiger partial charge on any atom is -0.0985 e. The Morgan fingerprint density at radius 3 is 1.65 bits per heavy atom. The molecule has 2 aromatic carbocycles. The van der Waals surface area contributed by atoms with E-state index in [4.69, 9.17) is 0 Å². The summed E-state index contributed by atoms with van der Waals surface area (Å²) in [4.78, 5) is 0. The van der Waals surface area contributed by atoms with Gasteiger partial charge in [-0.2, -0.15) is 0 Å². The zero-order valence-electron chi connectivity index (χ0n) is 14.3. The molecule has 0 heterocycles. The summed E-state index contributed by atoms with van der Waals surface area (Å²) in [5, 5.41) is 0. The summed E-state index contributed by atoms with van der Waals surface area (Å²) in [5.74, 6) is 0. The van der Waals surface area contributed by atoms with E-state index in [1.165, 1.54) is 36.8 Å². The van der Waals surface area contributed by atoms with Crippen LogP contribution in [0.3, 0.4) is 0 Å². The highest BCUT2D eigenvalue weighted by molar-refractivity contribution is 5.63. The van der Waals surface area contributed by atoms with Crippen molar-refractivity contribution in [3.8, 4) is 0 Å². The average Bonchev–Trinajstić information content (AvgIpc) is 2.62. The van der Waals surface area contributed by atoms with Crippen LogP contribution in [0.4, 0.5) is 0 Å². The van der Waals surface area contributed by atoms with Crippen LogP contribution >= 0.6 is 0 Å². The van der Waals surface area contributed by atoms with Crippen LogP contribution in [-0.4, -0.2) is 0 Å². The first kappa shape index (κ1) is 18.7. The summed E-state index contributed by atoms with van der Waals surface area (Å²) in [7, 11) is 0. The van der Waals surface area contributed by atoms with Gasteiger partial charge in [-0.3, -0.25) is 0 Å². The van der Waals surface area contributed by atoms with Crippen molar-refractivity contribution >= 4 is 18.2 Å². The molecule has 0 amide bonds. The summed E-state index contributed by atoms with van der Waals surface area (Å²) < 4.78 is 0. The Balaban J connectivity index is 0.000000238. The first-order chi connectivity index (χ1) is 11.3. The zero-order valence-corrected chi connectivity index (χ0v) is 14.3. The smallest absolute Gasteiger partial charge is 0.0190 e. The number of unbranched alkanes of at least 4 members (excludes halogenated alkanes) is 2. The zero-order chi connectivity index (χ0) is 16.9. The molecule has 0 aliphatic heterocycles. The van der Waals surface area contributed by atoms with E-state index in [0.717, 1.165) is 11.1 Å². The molecule has 0 fully saturated rings. The van der Waals surface area contributed by atoms with E-state index in [9.17, 15) is 0 Å². The normalized spacial score (nSPS) is 9.43. The monoisotopic (exact) mass is 304 g/mol. The molecule has 0 unspecified atom stereocenters. The Morgan fingerprint density at radius 2 is 1.17 bits per heavy atom. The van der Waals surface area contributed by atoms with Crippen LogP contribution < -0.4 is 0 Å². The number of rotatable bonds is 7. The molecule has 0 heteroatoms. The van der Waals surface area contributed by atoms with Crippen molar-refractivity contribution in [1.29, 1.82) is 0 Å². The summed E-state index contributed by atoms with van der Waals surface area (Å²) in [6.45, 7) is 13.4. The fraction of sp³-hybridized carbons (Fsp3) is 0.217. The van der Waals surface area contributed by atoms with Crippen LogP contribution in [0.2, 0.25) is 0 Å². The highest BCUT2D eigenvalue weighted by atomic mass is 14.0. The second-order valence-corrected chi connectivity index (χ2v) is 5.40. The van der Waals surface area contributed by atoms with E-state index >= 15 is 0 Å². The number of aryl methyl sites for hydroxylation is 1. The molecule has 0 spiro atoms. The minimum absolute atomic E-state index is 1.14. The summed E-state index contributed by atoms with van der Waals surface area (Å²) in [5.41, 5.74) is 5.00. The molecule has 0 aliphatic rings. The summed E-state index contributed by atoms with van der Waals surface area (Å²) >= 11 is 0. The molecule has 2 aromatic rings. The molecule has 0 saturated heterocycles. The van der Waals surface area contributed by atoms with Gasteiger partial charge in [0.2, 0.25) is 0 Å². The van der Waals surface area contributed by atoms with E-state index in [0.29, 0.717) is 0 Å². The van der Waals surface area contributed by atoms with Gasteiger partial charge < -0.3 is 0 Å². The van der Waals surface area contributed by atoms with Gasteiger partial charge in [0.05, 0.1) is 0 Å². The maximum atomic E-state index is 3.82. The second kappa shape index (κ2) is 11.3. The average molecular weight is 304 g/mol. The van der Waals surface area contributed by atoms with Crippen LogP contribution in [-0.2, 0) is 6.42 Å². The summed E-state index contributed by atoms with van der Waals surface area (Å²) in [6.07, 6.45) is 10.7. The Labute approximate surface area is 141 Å². The molecule has 0 radical (unpaired) electrons. The summed E-state index contributed by atoms with van der Waals surface area (Å²) in [6, 6.07) is 16.5. The van der Waals surface area contributed by atoms with Crippen LogP contribution in [0.1, 0.15) is 48.4 Å². The quantitative estimate of drug-likeness (QED) is 0.481. The Bertz CT molecular complexity index is 592. The molecule has 23 heavy (non-hydrogen) atoms. The van der Waals surface area contributed by atoms with E-state index in [1.807, 2.05) is 42.5 Å². The molecule has 120 valence electrons. The van der Waals surface area contributed by atoms with E-state index in [-0.39, 0.29) is 0 Å². The lowest BCUT2D eigenvalue weighted by Crippen LogP contribution is -1.88. The SMILES string of the molecule is C=Cc1ccccc1C=C.C=Cc1ccccc1CCCCC. The van der Waals surface area contributed by atoms with Crippen LogP contribution in [0.25, 0.3) is 18.2 Å². The predicted molar refractivity (Wildman–Crippen MR) is 106 cm³/mol. The van der Waals surface area contributed by atoms with Gasteiger partial charge in [0.15, 0.2) is 0 Å². The molecule has 0 nitrogen and oxygen atoms in total. The molecule has 0 bridgehead atoms. The molecule has 0 N–H and O–H groups in total. The van der Waals surface area contributed by atoms with Crippen molar-refractivity contribution in [3.63, 3.8) is 0 Å². The molecule has 0 aromatic heterocycles. The van der Waals surface area contributed by atoms with Gasteiger partial charge in [0, 0.05) is 0 Å². The molecule has 0 atom stereocenters. The predicted octanol–water partition coefficient (Wildman–Crippen LogP) is 7.03. The highest BCUT2D eigenvalue weighted by Crippen LogP contribution is 2.13. The maximum Gasteiger partial charge on any atom is -0.0190 e. The van der Waals surface area contributed by atoms with Crippen molar-refractivity contribution in [2.75, 3.05) is 0 Å². The number of hydrogen-bond donors (Lipinski definition) is 0. The van der Waals surface area contributed by atoms with Crippen molar-refractivity contribution in [2.45, 2.75) is 32.6 Å². The molecular weight excluding hydrogens is 276 g/mol. The van der Waals surface area contributed by atoms with Gasteiger partial charge in [-0.05, 0) is 35.1 Å². The van der Waals surface area contributed by atoms with Crippen molar-refractivity contribution in [2.24, 2.45) is 0 Å². The van der Waals surface area contributed by atoms with Gasteiger partial charge in [0.1, 0.15) is 0 Å². The lowest BCUT2D eigenvalue weighted by Gasteiger charge is -2.04. The Morgan fingerprint density at radius 1 is 0.696 bits per heavy atom. The standard InChI is InChI=1S/C13H18.C10H10/c1-3-5-6-10-13-11-8-7-9-12(13)4-2;1-3-9-7-5-6-8-10(9)4-2/h4,7-9,11H,2-3,5-6,10H2,1H3;3-8H,1-2H2. The third kappa shape index (κ3) is 6.52. The van der Waals surface area contributed by atoms with Crippen LogP contribution in [0.15, 0.2) is 68.3 Å². The van der Waals surface area contributed by atoms with E-state index in [1.54, 1.807) is 0 Å². The molecule has 2 rings (SSSR count). The van der Waals surface area contributed by atoms with Crippen molar-refractivity contribution in [1.82, 2.24) is 0 Å². The van der Waals surface area contributed by atoms with Crippen molar-refractivity contribution < 1.29 is 0 Å². The topological polar surface area (TPSA) is 0 Å². The molecule has 0 aliphatic carbocycles. The first-order valence-corrected chi connectivity index (χ1v) is 8.31. The number of benzene rings is 2. The lowest BCUT2D eigenvalue weighted by atomic mass is 10.0. The molecular formula is C23H28. The lowest BCUT2D eigenvalue weighted by molar-refractivity contribution is 0.717. The van der Waals surface area contributed by atoms with Crippen LogP contribution in [0, 0.1) is 0 Å². The maximum absolute atomic E-state index is 3.82. The van der Waals surface area contributed by atoms with E-state index in [2.05, 4.69) is 50.9 Å². The van der Waals surface area contributed by atoms with Crippen molar-refractivity contribution in [3.05, 3.63) is 90.5 Å². The third-order valence-corrected chi connectivity index (χ3v) is 3.76.